The predicted molar refractivity (Wildman–Crippen MR) is 94.8 cm³/mol. The van der Waals surface area contributed by atoms with E-state index in [9.17, 15) is 4.79 Å². The summed E-state index contributed by atoms with van der Waals surface area (Å²) in [4.78, 5) is 21.5. The van der Waals surface area contributed by atoms with Crippen molar-refractivity contribution in [3.8, 4) is 0 Å². The zero-order valence-electron chi connectivity index (χ0n) is 13.7. The van der Waals surface area contributed by atoms with Gasteiger partial charge in [0.2, 0.25) is 0 Å². The molecule has 25 heavy (non-hydrogen) atoms. The first kappa shape index (κ1) is 16.8. The van der Waals surface area contributed by atoms with E-state index >= 15 is 0 Å². The van der Waals surface area contributed by atoms with E-state index in [4.69, 9.17) is 5.11 Å². The van der Waals surface area contributed by atoms with Gasteiger partial charge >= 0.3 is 5.97 Å². The van der Waals surface area contributed by atoms with Gasteiger partial charge in [-0.3, -0.25) is 4.90 Å². The lowest BCUT2D eigenvalue weighted by atomic mass is 10.1. The Morgan fingerprint density at radius 2 is 1.28 bits per heavy atom. The molecule has 1 N–H and O–H groups in total. The Bertz CT molecular complexity index is 764. The third-order valence-electron chi connectivity index (χ3n) is 3.82. The van der Waals surface area contributed by atoms with Gasteiger partial charge in [-0.1, -0.05) is 60.7 Å². The number of aromatic nitrogens is 2. The van der Waals surface area contributed by atoms with Gasteiger partial charge in [0.1, 0.15) is 5.82 Å². The molecule has 0 fully saturated rings. The quantitative estimate of drug-likeness (QED) is 0.718. The van der Waals surface area contributed by atoms with Crippen molar-refractivity contribution in [3.63, 3.8) is 0 Å². The van der Waals surface area contributed by atoms with E-state index in [1.165, 1.54) is 23.5 Å². The van der Waals surface area contributed by atoms with Gasteiger partial charge in [0.25, 0.3) is 0 Å². The molecular weight excluding hydrogens is 314 g/mol. The van der Waals surface area contributed by atoms with Crippen molar-refractivity contribution in [1.29, 1.82) is 0 Å². The summed E-state index contributed by atoms with van der Waals surface area (Å²) in [5, 5.41) is 8.96. The van der Waals surface area contributed by atoms with E-state index in [2.05, 4.69) is 39.1 Å². The minimum absolute atomic E-state index is 0.0985. The van der Waals surface area contributed by atoms with Crippen LogP contribution in [-0.2, 0) is 19.6 Å². The van der Waals surface area contributed by atoms with Crippen LogP contribution in [0.4, 0.5) is 0 Å². The SMILES string of the molecule is O=C(O)c1cnc(CN(Cc2ccccc2)Cc2ccccc2)nc1. The molecule has 126 valence electrons. The van der Waals surface area contributed by atoms with E-state index in [-0.39, 0.29) is 5.56 Å². The molecule has 3 aromatic rings. The molecule has 0 amide bonds. The standard InChI is InChI=1S/C20H19N3O2/c24-20(25)18-11-21-19(22-12-18)15-23(13-16-7-3-1-4-8-16)14-17-9-5-2-6-10-17/h1-12H,13-15H2,(H,24,25). The number of benzene rings is 2. The second kappa shape index (κ2) is 8.17. The van der Waals surface area contributed by atoms with Crippen molar-refractivity contribution < 1.29 is 9.90 Å². The van der Waals surface area contributed by atoms with Crippen LogP contribution in [0.5, 0.6) is 0 Å². The first-order valence-corrected chi connectivity index (χ1v) is 8.05. The summed E-state index contributed by atoms with van der Waals surface area (Å²) in [6.07, 6.45) is 2.71. The lowest BCUT2D eigenvalue weighted by Gasteiger charge is -2.22. The highest BCUT2D eigenvalue weighted by atomic mass is 16.4. The van der Waals surface area contributed by atoms with E-state index in [0.717, 1.165) is 13.1 Å². The largest absolute Gasteiger partial charge is 0.478 e. The Kier molecular flexibility index (Phi) is 5.49. The van der Waals surface area contributed by atoms with Gasteiger partial charge in [0.05, 0.1) is 12.1 Å². The van der Waals surface area contributed by atoms with Crippen molar-refractivity contribution in [1.82, 2.24) is 14.9 Å². The number of carboxylic acid groups (broad SMARTS) is 1. The molecule has 5 nitrogen and oxygen atoms in total. The number of carbonyl (C=O) groups is 1. The third kappa shape index (κ3) is 4.96. The average molecular weight is 333 g/mol. The van der Waals surface area contributed by atoms with Gasteiger partial charge in [-0.15, -0.1) is 0 Å². The van der Waals surface area contributed by atoms with Crippen LogP contribution in [0.3, 0.4) is 0 Å². The van der Waals surface area contributed by atoms with Crippen LogP contribution in [0.25, 0.3) is 0 Å². The molecule has 0 aliphatic heterocycles. The van der Waals surface area contributed by atoms with Crippen LogP contribution in [0.15, 0.2) is 73.1 Å². The molecule has 0 unspecified atom stereocenters. The summed E-state index contributed by atoms with van der Waals surface area (Å²) in [7, 11) is 0. The fourth-order valence-corrected chi connectivity index (χ4v) is 2.60. The van der Waals surface area contributed by atoms with E-state index < -0.39 is 5.97 Å². The fourth-order valence-electron chi connectivity index (χ4n) is 2.60. The summed E-state index contributed by atoms with van der Waals surface area (Å²) in [6.45, 7) is 2.07. The Balaban J connectivity index is 1.76. The highest BCUT2D eigenvalue weighted by Crippen LogP contribution is 2.12. The zero-order chi connectivity index (χ0) is 17.5. The first-order chi connectivity index (χ1) is 12.2. The van der Waals surface area contributed by atoms with Gasteiger partial charge in [0.15, 0.2) is 0 Å². The first-order valence-electron chi connectivity index (χ1n) is 8.05. The van der Waals surface area contributed by atoms with Crippen LogP contribution < -0.4 is 0 Å². The maximum Gasteiger partial charge on any atom is 0.338 e. The van der Waals surface area contributed by atoms with Crippen molar-refractivity contribution >= 4 is 5.97 Å². The molecule has 0 saturated heterocycles. The van der Waals surface area contributed by atoms with Crippen molar-refractivity contribution in [2.45, 2.75) is 19.6 Å². The zero-order valence-corrected chi connectivity index (χ0v) is 13.7. The van der Waals surface area contributed by atoms with E-state index in [0.29, 0.717) is 12.4 Å². The number of hydrogen-bond acceptors (Lipinski definition) is 4. The molecule has 0 aliphatic rings. The molecule has 0 aliphatic carbocycles. The molecule has 2 aromatic carbocycles. The van der Waals surface area contributed by atoms with Crippen molar-refractivity contribution in [3.05, 3.63) is 95.6 Å². The molecule has 5 heteroatoms. The summed E-state index contributed by atoms with van der Waals surface area (Å²) in [5.74, 6) is -0.408. The van der Waals surface area contributed by atoms with Crippen LogP contribution in [0, 0.1) is 0 Å². The molecular formula is C20H19N3O2. The average Bonchev–Trinajstić information content (AvgIpc) is 2.64. The van der Waals surface area contributed by atoms with E-state index in [1.807, 2.05) is 36.4 Å². The highest BCUT2D eigenvalue weighted by Gasteiger charge is 2.11. The van der Waals surface area contributed by atoms with Crippen molar-refractivity contribution in [2.75, 3.05) is 0 Å². The van der Waals surface area contributed by atoms with Gasteiger partial charge in [0, 0.05) is 25.5 Å². The van der Waals surface area contributed by atoms with E-state index in [1.54, 1.807) is 0 Å². The van der Waals surface area contributed by atoms with Gasteiger partial charge in [-0.2, -0.15) is 0 Å². The third-order valence-corrected chi connectivity index (χ3v) is 3.82. The molecule has 1 heterocycles. The Morgan fingerprint density at radius 1 is 0.800 bits per heavy atom. The molecule has 0 atom stereocenters. The lowest BCUT2D eigenvalue weighted by molar-refractivity contribution is 0.0696. The smallest absolute Gasteiger partial charge is 0.338 e. The summed E-state index contributed by atoms with van der Waals surface area (Å²) >= 11 is 0. The number of hydrogen-bond donors (Lipinski definition) is 1. The maximum atomic E-state index is 10.9. The minimum atomic E-state index is -1.02. The second-order valence-electron chi connectivity index (χ2n) is 5.81. The Hall–Kier alpha value is -3.05. The fraction of sp³-hybridized carbons (Fsp3) is 0.150. The van der Waals surface area contributed by atoms with Crippen LogP contribution in [0.2, 0.25) is 0 Å². The maximum absolute atomic E-state index is 10.9. The number of rotatable bonds is 7. The second-order valence-corrected chi connectivity index (χ2v) is 5.81. The Labute approximate surface area is 146 Å². The van der Waals surface area contributed by atoms with Crippen molar-refractivity contribution in [2.24, 2.45) is 0 Å². The monoisotopic (exact) mass is 333 g/mol. The molecule has 0 saturated carbocycles. The normalized spacial score (nSPS) is 10.8. The van der Waals surface area contributed by atoms with Crippen LogP contribution in [-0.4, -0.2) is 25.9 Å². The highest BCUT2D eigenvalue weighted by molar-refractivity contribution is 5.86. The Morgan fingerprint density at radius 3 is 1.72 bits per heavy atom. The molecule has 0 radical (unpaired) electrons. The van der Waals surface area contributed by atoms with Crippen LogP contribution >= 0.6 is 0 Å². The summed E-state index contributed by atoms with van der Waals surface area (Å²) in [5.41, 5.74) is 2.52. The molecule has 1 aromatic heterocycles. The number of aromatic carboxylic acids is 1. The topological polar surface area (TPSA) is 66.3 Å². The molecule has 0 spiro atoms. The van der Waals surface area contributed by atoms with Gasteiger partial charge in [-0.05, 0) is 11.1 Å². The lowest BCUT2D eigenvalue weighted by Crippen LogP contribution is -2.23. The minimum Gasteiger partial charge on any atom is -0.478 e. The molecule has 0 bridgehead atoms. The summed E-state index contributed by atoms with van der Waals surface area (Å²) in [6, 6.07) is 20.4. The number of carboxylic acids is 1. The number of nitrogens with zero attached hydrogens (tertiary/aromatic N) is 3. The molecule has 3 rings (SSSR count). The summed E-state index contributed by atoms with van der Waals surface area (Å²) < 4.78 is 0. The predicted octanol–water partition coefficient (Wildman–Crippen LogP) is 3.38. The van der Waals surface area contributed by atoms with Gasteiger partial charge < -0.3 is 5.11 Å². The van der Waals surface area contributed by atoms with Gasteiger partial charge in [-0.25, -0.2) is 14.8 Å². The van der Waals surface area contributed by atoms with Crippen LogP contribution in [0.1, 0.15) is 27.3 Å².